The topological polar surface area (TPSA) is 54.9 Å². The molecule has 1 aromatic heterocycles. The summed E-state index contributed by atoms with van der Waals surface area (Å²) in [5.41, 5.74) is 0.436. The Morgan fingerprint density at radius 3 is 2.32 bits per heavy atom. The van der Waals surface area contributed by atoms with E-state index >= 15 is 0 Å². The molecular formula is C21H37N3O3Si. The normalized spacial score (nSPS) is 16.5. The fourth-order valence-electron chi connectivity index (χ4n) is 2.97. The van der Waals surface area contributed by atoms with Gasteiger partial charge in [0.15, 0.2) is 26.2 Å². The van der Waals surface area contributed by atoms with E-state index in [1.807, 2.05) is 6.07 Å². The summed E-state index contributed by atoms with van der Waals surface area (Å²) in [7, 11) is -1.78. The molecule has 0 N–H and O–H groups in total. The number of pyridine rings is 1. The summed E-state index contributed by atoms with van der Waals surface area (Å²) >= 11 is 0. The number of aromatic nitrogens is 1. The number of hydrogen-bond donors (Lipinski definition) is 0. The van der Waals surface area contributed by atoms with E-state index in [4.69, 9.17) is 9.16 Å². The number of carbonyl (C=O) groups is 1. The molecule has 1 fully saturated rings. The maximum absolute atomic E-state index is 11.2. The predicted octanol–water partition coefficient (Wildman–Crippen LogP) is 3.83. The highest BCUT2D eigenvalue weighted by Gasteiger charge is 2.37. The SMILES string of the molecule is CC(C)N1CCN(c2nc(C=O)ccc2OCCO[Si](C)(C)C(C)(C)C)CC1. The van der Waals surface area contributed by atoms with Gasteiger partial charge in [-0.25, -0.2) is 4.98 Å². The molecule has 0 aliphatic carbocycles. The van der Waals surface area contributed by atoms with Gasteiger partial charge in [0, 0.05) is 32.2 Å². The van der Waals surface area contributed by atoms with Crippen molar-refractivity contribution >= 4 is 20.4 Å². The van der Waals surface area contributed by atoms with Crippen LogP contribution in [0, 0.1) is 0 Å². The van der Waals surface area contributed by atoms with E-state index in [2.05, 4.69) is 62.5 Å². The number of carbonyl (C=O) groups excluding carboxylic acids is 1. The molecule has 0 radical (unpaired) electrons. The molecule has 1 aromatic rings. The Morgan fingerprint density at radius 2 is 1.79 bits per heavy atom. The molecular weight excluding hydrogens is 370 g/mol. The van der Waals surface area contributed by atoms with E-state index in [9.17, 15) is 4.79 Å². The van der Waals surface area contributed by atoms with Gasteiger partial charge in [-0.2, -0.15) is 0 Å². The summed E-state index contributed by atoms with van der Waals surface area (Å²) < 4.78 is 12.2. The van der Waals surface area contributed by atoms with Gasteiger partial charge in [-0.3, -0.25) is 9.69 Å². The molecule has 1 aliphatic heterocycles. The van der Waals surface area contributed by atoms with E-state index in [0.29, 0.717) is 24.9 Å². The van der Waals surface area contributed by atoms with Gasteiger partial charge in [0.1, 0.15) is 12.3 Å². The van der Waals surface area contributed by atoms with Gasteiger partial charge >= 0.3 is 0 Å². The molecule has 0 unspecified atom stereocenters. The minimum atomic E-state index is -1.78. The van der Waals surface area contributed by atoms with Crippen LogP contribution in [0.15, 0.2) is 12.1 Å². The van der Waals surface area contributed by atoms with Gasteiger partial charge in [-0.1, -0.05) is 20.8 Å². The predicted molar refractivity (Wildman–Crippen MR) is 117 cm³/mol. The third-order valence-corrected chi connectivity index (χ3v) is 10.5. The monoisotopic (exact) mass is 407 g/mol. The molecule has 0 bridgehead atoms. The van der Waals surface area contributed by atoms with Crippen molar-refractivity contribution in [1.82, 2.24) is 9.88 Å². The minimum Gasteiger partial charge on any atom is -0.487 e. The molecule has 2 rings (SSSR count). The summed E-state index contributed by atoms with van der Waals surface area (Å²) in [5.74, 6) is 1.49. The maximum Gasteiger partial charge on any atom is 0.192 e. The first-order valence-corrected chi connectivity index (χ1v) is 13.2. The smallest absolute Gasteiger partial charge is 0.192 e. The standard InChI is InChI=1S/C21H37N3O3Si/c1-17(2)23-10-12-24(13-11-23)20-19(9-8-18(16-25)22-20)26-14-15-27-28(6,7)21(3,4)5/h8-9,16-17H,10-15H2,1-7H3. The average molecular weight is 408 g/mol. The molecule has 1 aliphatic rings. The lowest BCUT2D eigenvalue weighted by molar-refractivity contribution is 0.111. The first kappa shape index (κ1) is 22.8. The zero-order valence-corrected chi connectivity index (χ0v) is 19.6. The highest BCUT2D eigenvalue weighted by Crippen LogP contribution is 2.36. The lowest BCUT2D eigenvalue weighted by Crippen LogP contribution is -2.49. The fraction of sp³-hybridized carbons (Fsp3) is 0.714. The van der Waals surface area contributed by atoms with Crippen molar-refractivity contribution in [3.63, 3.8) is 0 Å². The van der Waals surface area contributed by atoms with Crippen LogP contribution in [0.5, 0.6) is 5.75 Å². The largest absolute Gasteiger partial charge is 0.487 e. The molecule has 1 saturated heterocycles. The van der Waals surface area contributed by atoms with Crippen molar-refractivity contribution in [2.75, 3.05) is 44.3 Å². The lowest BCUT2D eigenvalue weighted by atomic mass is 10.2. The quantitative estimate of drug-likeness (QED) is 0.371. The molecule has 0 aromatic carbocycles. The Balaban J connectivity index is 2.02. The average Bonchev–Trinajstić information content (AvgIpc) is 2.64. The molecule has 6 nitrogen and oxygen atoms in total. The second-order valence-electron chi connectivity index (χ2n) is 9.25. The zero-order valence-electron chi connectivity index (χ0n) is 18.6. The summed E-state index contributed by atoms with van der Waals surface area (Å²) in [5, 5.41) is 0.182. The maximum atomic E-state index is 11.2. The Bertz CT molecular complexity index is 651. The molecule has 158 valence electrons. The highest BCUT2D eigenvalue weighted by atomic mass is 28.4. The summed E-state index contributed by atoms with van der Waals surface area (Å²) in [6.07, 6.45) is 0.790. The van der Waals surface area contributed by atoms with Gasteiger partial charge in [0.2, 0.25) is 0 Å². The van der Waals surface area contributed by atoms with Crippen LogP contribution in [0.25, 0.3) is 0 Å². The van der Waals surface area contributed by atoms with Crippen molar-refractivity contribution in [3.8, 4) is 5.75 Å². The summed E-state index contributed by atoms with van der Waals surface area (Å²) in [4.78, 5) is 20.4. The molecule has 7 heteroatoms. The van der Waals surface area contributed by atoms with Gasteiger partial charge in [-0.05, 0) is 44.1 Å². The first-order valence-electron chi connectivity index (χ1n) is 10.3. The number of ether oxygens (including phenoxy) is 1. The summed E-state index contributed by atoms with van der Waals surface area (Å²) in [6.45, 7) is 20.4. The first-order chi connectivity index (χ1) is 13.0. The molecule has 2 heterocycles. The number of anilines is 1. The van der Waals surface area contributed by atoms with Crippen molar-refractivity contribution in [1.29, 1.82) is 0 Å². The Morgan fingerprint density at radius 1 is 1.14 bits per heavy atom. The van der Waals surface area contributed by atoms with Crippen LogP contribution in [0.2, 0.25) is 18.1 Å². The van der Waals surface area contributed by atoms with Crippen LogP contribution in [0.3, 0.4) is 0 Å². The lowest BCUT2D eigenvalue weighted by Gasteiger charge is -2.38. The van der Waals surface area contributed by atoms with Crippen molar-refractivity contribution < 1.29 is 14.0 Å². The number of piperazine rings is 1. The second kappa shape index (κ2) is 9.37. The highest BCUT2D eigenvalue weighted by molar-refractivity contribution is 6.74. The third-order valence-electron chi connectivity index (χ3n) is 5.94. The Labute approximate surface area is 171 Å². The molecule has 0 amide bonds. The Hall–Kier alpha value is -1.44. The van der Waals surface area contributed by atoms with Gasteiger partial charge in [0.25, 0.3) is 0 Å². The zero-order chi connectivity index (χ0) is 20.9. The number of aldehydes is 1. The van der Waals surface area contributed by atoms with E-state index in [1.165, 1.54) is 0 Å². The van der Waals surface area contributed by atoms with E-state index in [1.54, 1.807) is 6.07 Å². The molecule has 0 saturated carbocycles. The van der Waals surface area contributed by atoms with Crippen LogP contribution >= 0.6 is 0 Å². The fourth-order valence-corrected chi connectivity index (χ4v) is 4.00. The minimum absolute atomic E-state index is 0.182. The number of nitrogens with zero attached hydrogens (tertiary/aromatic N) is 3. The van der Waals surface area contributed by atoms with Crippen LogP contribution in [0.4, 0.5) is 5.82 Å². The van der Waals surface area contributed by atoms with Gasteiger partial charge in [0.05, 0.1) is 6.61 Å². The number of rotatable bonds is 8. The summed E-state index contributed by atoms with van der Waals surface area (Å²) in [6, 6.07) is 4.11. The molecule has 0 spiro atoms. The van der Waals surface area contributed by atoms with Crippen LogP contribution < -0.4 is 9.64 Å². The molecule has 0 atom stereocenters. The Kier molecular flexibility index (Phi) is 7.64. The van der Waals surface area contributed by atoms with Gasteiger partial charge in [-0.15, -0.1) is 0 Å². The molecule has 28 heavy (non-hydrogen) atoms. The van der Waals surface area contributed by atoms with Crippen molar-refractivity contribution in [2.24, 2.45) is 0 Å². The van der Waals surface area contributed by atoms with Crippen LogP contribution in [0.1, 0.15) is 45.1 Å². The van der Waals surface area contributed by atoms with Crippen molar-refractivity contribution in [3.05, 3.63) is 17.8 Å². The number of hydrogen-bond acceptors (Lipinski definition) is 6. The second-order valence-corrected chi connectivity index (χ2v) is 14.1. The third kappa shape index (κ3) is 5.78. The van der Waals surface area contributed by atoms with E-state index < -0.39 is 8.32 Å². The van der Waals surface area contributed by atoms with Crippen LogP contribution in [-0.4, -0.2) is 69.9 Å². The van der Waals surface area contributed by atoms with E-state index in [0.717, 1.165) is 44.0 Å². The van der Waals surface area contributed by atoms with Crippen LogP contribution in [-0.2, 0) is 4.43 Å². The van der Waals surface area contributed by atoms with E-state index in [-0.39, 0.29) is 5.04 Å². The van der Waals surface area contributed by atoms with Gasteiger partial charge < -0.3 is 14.1 Å². The van der Waals surface area contributed by atoms with Crippen molar-refractivity contribution in [2.45, 2.75) is 58.8 Å².